The van der Waals surface area contributed by atoms with Gasteiger partial charge in [0.25, 0.3) is 0 Å². The van der Waals surface area contributed by atoms with Gasteiger partial charge in [-0.1, -0.05) is 0 Å². The molecule has 0 atom stereocenters. The number of hydroxylamine groups is 1. The zero-order valence-electron chi connectivity index (χ0n) is 2.39. The van der Waals surface area contributed by atoms with Crippen LogP contribution in [0.2, 0.25) is 0 Å². The second-order valence-corrected chi connectivity index (χ2v) is 0.466. The molecule has 0 spiro atoms. The second-order valence-electron chi connectivity index (χ2n) is 0.466. The van der Waals surface area contributed by atoms with E-state index in [1.807, 2.05) is 0 Å². The zero-order valence-corrected chi connectivity index (χ0v) is 2.39. The first kappa shape index (κ1) is 4.23. The lowest BCUT2D eigenvalue weighted by Crippen LogP contribution is -2.22. The SMILES string of the molecule is NC(=O)N[O-]. The van der Waals surface area contributed by atoms with Crippen LogP contribution in [0.25, 0.3) is 0 Å². The smallest absolute Gasteiger partial charge is 0.301 e. The molecule has 30 valence electrons. The Morgan fingerprint density at radius 2 is 2.20 bits per heavy atom. The minimum absolute atomic E-state index is 0.917. The van der Waals surface area contributed by atoms with Crippen LogP contribution in [0, 0.1) is 5.21 Å². The summed E-state index contributed by atoms with van der Waals surface area (Å²) in [6, 6.07) is -1.05. The highest BCUT2D eigenvalue weighted by Gasteiger charge is 1.66. The highest BCUT2D eigenvalue weighted by atomic mass is 16.5. The molecule has 0 radical (unpaired) electrons. The summed E-state index contributed by atoms with van der Waals surface area (Å²) >= 11 is 0. The highest BCUT2D eigenvalue weighted by molar-refractivity contribution is 5.71. The summed E-state index contributed by atoms with van der Waals surface area (Å²) in [5.41, 5.74) is 5.15. The fourth-order valence-electron chi connectivity index (χ4n) is 0. The van der Waals surface area contributed by atoms with Gasteiger partial charge in [-0.05, 0) is 0 Å². The predicted octanol–water partition coefficient (Wildman–Crippen LogP) is -0.847. The van der Waals surface area contributed by atoms with Crippen LogP contribution in [0.15, 0.2) is 0 Å². The van der Waals surface area contributed by atoms with Gasteiger partial charge in [-0.3, -0.25) is 4.79 Å². The molecule has 0 aliphatic carbocycles. The van der Waals surface area contributed by atoms with E-state index in [0.29, 0.717) is 0 Å². The number of primary amides is 1. The molecule has 4 nitrogen and oxygen atoms in total. The van der Waals surface area contributed by atoms with Gasteiger partial charge < -0.3 is 16.4 Å². The molecule has 4 heteroatoms. The van der Waals surface area contributed by atoms with Gasteiger partial charge in [0.05, 0.1) is 0 Å². The number of hydrogen-bond donors (Lipinski definition) is 2. The van der Waals surface area contributed by atoms with E-state index in [2.05, 4.69) is 5.73 Å². The quantitative estimate of drug-likeness (QED) is 0.368. The van der Waals surface area contributed by atoms with Crippen molar-refractivity contribution in [3.63, 3.8) is 0 Å². The first-order chi connectivity index (χ1) is 2.27. The van der Waals surface area contributed by atoms with Crippen molar-refractivity contribution < 1.29 is 4.79 Å². The average Bonchev–Trinajstić information content (AvgIpc) is 1.38. The summed E-state index contributed by atoms with van der Waals surface area (Å²) in [6.45, 7) is 0. The summed E-state index contributed by atoms with van der Waals surface area (Å²) in [5, 5.41) is 8.91. The average molecular weight is 75.0 g/mol. The van der Waals surface area contributed by atoms with Crippen LogP contribution < -0.4 is 11.2 Å². The summed E-state index contributed by atoms with van der Waals surface area (Å²) < 4.78 is 0. The predicted molar refractivity (Wildman–Crippen MR) is 16.1 cm³/mol. The molecule has 0 aliphatic rings. The zero-order chi connectivity index (χ0) is 4.28. The van der Waals surface area contributed by atoms with Crippen LogP contribution in [0.4, 0.5) is 4.79 Å². The lowest BCUT2D eigenvalue weighted by Gasteiger charge is -1.97. The minimum atomic E-state index is -1.05. The molecule has 0 aliphatic heterocycles. The van der Waals surface area contributed by atoms with Crippen molar-refractivity contribution >= 4 is 6.03 Å². The monoisotopic (exact) mass is 75.0 g/mol. The van der Waals surface area contributed by atoms with Crippen LogP contribution >= 0.6 is 0 Å². The maximum Gasteiger partial charge on any atom is 0.301 e. The van der Waals surface area contributed by atoms with Crippen molar-refractivity contribution in [3.05, 3.63) is 5.21 Å². The van der Waals surface area contributed by atoms with Gasteiger partial charge in [0.2, 0.25) is 0 Å². The Balaban J connectivity index is 2.85. The number of carbonyl (C=O) groups is 1. The molecule has 0 aromatic rings. The van der Waals surface area contributed by atoms with Crippen molar-refractivity contribution in [2.45, 2.75) is 0 Å². The third kappa shape index (κ3) is 3.23. The van der Waals surface area contributed by atoms with Gasteiger partial charge in [-0.25, -0.2) is 0 Å². The standard InChI is InChI=1S/CH3N2O2/c2-1(4)3-5/h(H3-,2,3,4,5)/q-1. The van der Waals surface area contributed by atoms with E-state index < -0.39 is 6.03 Å². The van der Waals surface area contributed by atoms with E-state index in [0.717, 1.165) is 5.48 Å². The Morgan fingerprint density at radius 3 is 2.20 bits per heavy atom. The third-order valence-corrected chi connectivity index (χ3v) is 0.101. The van der Waals surface area contributed by atoms with Crippen molar-refractivity contribution in [1.29, 1.82) is 0 Å². The van der Waals surface area contributed by atoms with E-state index in [9.17, 15) is 0 Å². The molecule has 0 unspecified atom stereocenters. The maximum absolute atomic E-state index is 9.17. The Morgan fingerprint density at radius 1 is 2.00 bits per heavy atom. The molecule has 0 bridgehead atoms. The Kier molecular flexibility index (Phi) is 1.30. The summed E-state index contributed by atoms with van der Waals surface area (Å²) in [4.78, 5) is 9.17. The molecule has 5 heavy (non-hydrogen) atoms. The first-order valence-corrected chi connectivity index (χ1v) is 0.947. The van der Waals surface area contributed by atoms with E-state index in [1.54, 1.807) is 0 Å². The number of urea groups is 1. The summed E-state index contributed by atoms with van der Waals surface area (Å²) in [6.07, 6.45) is 0. The Bertz CT molecular complexity index is 42.9. The van der Waals surface area contributed by atoms with E-state index in [1.165, 1.54) is 0 Å². The molecule has 0 heterocycles. The van der Waals surface area contributed by atoms with Crippen molar-refractivity contribution in [3.8, 4) is 0 Å². The fraction of sp³-hybridized carbons (Fsp3) is 0. The number of nitrogens with two attached hydrogens (primary N) is 1. The highest BCUT2D eigenvalue weighted by Crippen LogP contribution is 1.40. The van der Waals surface area contributed by atoms with Crippen LogP contribution in [0.3, 0.4) is 0 Å². The molecule has 0 aromatic carbocycles. The van der Waals surface area contributed by atoms with Crippen LogP contribution in [-0.4, -0.2) is 6.03 Å². The lowest BCUT2D eigenvalue weighted by molar-refractivity contribution is 0.252. The second kappa shape index (κ2) is 1.54. The number of rotatable bonds is 0. The molecule has 0 saturated heterocycles. The van der Waals surface area contributed by atoms with Gasteiger partial charge in [-0.15, -0.1) is 0 Å². The fourth-order valence-corrected chi connectivity index (χ4v) is 0. The molecule has 2 amide bonds. The van der Waals surface area contributed by atoms with Crippen molar-refractivity contribution in [1.82, 2.24) is 5.48 Å². The molecule has 0 saturated carbocycles. The van der Waals surface area contributed by atoms with Gasteiger partial charge in [0.15, 0.2) is 0 Å². The van der Waals surface area contributed by atoms with Gasteiger partial charge >= 0.3 is 6.03 Å². The van der Waals surface area contributed by atoms with Crippen LogP contribution in [-0.2, 0) is 0 Å². The number of nitrogens with one attached hydrogen (secondary N) is 1. The summed E-state index contributed by atoms with van der Waals surface area (Å²) in [7, 11) is 0. The Hall–Kier alpha value is -0.770. The van der Waals surface area contributed by atoms with E-state index >= 15 is 0 Å². The third-order valence-electron chi connectivity index (χ3n) is 0.101. The number of hydrogen-bond acceptors (Lipinski definition) is 2. The first-order valence-electron chi connectivity index (χ1n) is 0.947. The maximum atomic E-state index is 9.17. The van der Waals surface area contributed by atoms with Gasteiger partial charge in [0, 0.05) is 0 Å². The molecule has 0 aromatic heterocycles. The number of amides is 2. The topological polar surface area (TPSA) is 78.2 Å². The molecular formula is CH3N2O2-. The van der Waals surface area contributed by atoms with Crippen LogP contribution in [0.1, 0.15) is 0 Å². The summed E-state index contributed by atoms with van der Waals surface area (Å²) in [5.74, 6) is 0. The molecule has 3 N–H and O–H groups in total. The molecule has 0 fully saturated rings. The molecular weight excluding hydrogens is 72.0 g/mol. The van der Waals surface area contributed by atoms with E-state index in [4.69, 9.17) is 10.0 Å². The lowest BCUT2D eigenvalue weighted by atomic mass is 11.2. The molecule has 0 rings (SSSR count). The van der Waals surface area contributed by atoms with Crippen molar-refractivity contribution in [2.75, 3.05) is 0 Å². The van der Waals surface area contributed by atoms with E-state index in [-0.39, 0.29) is 0 Å². The van der Waals surface area contributed by atoms with Crippen LogP contribution in [0.5, 0.6) is 0 Å². The largest absolute Gasteiger partial charge is 0.758 e. The van der Waals surface area contributed by atoms with Gasteiger partial charge in [-0.2, -0.15) is 0 Å². The van der Waals surface area contributed by atoms with Crippen molar-refractivity contribution in [2.24, 2.45) is 5.73 Å². The van der Waals surface area contributed by atoms with Gasteiger partial charge in [0.1, 0.15) is 0 Å². The Labute approximate surface area is 28.5 Å². The normalized spacial score (nSPS) is 6.60. The minimum Gasteiger partial charge on any atom is -0.758 e. The number of carbonyl (C=O) groups excluding carboxylic acids is 1.